The molecule has 0 aliphatic heterocycles. The second-order valence-electron chi connectivity index (χ2n) is 3.67. The van der Waals surface area contributed by atoms with Crippen LogP contribution in [0.2, 0.25) is 0 Å². The van der Waals surface area contributed by atoms with Crippen molar-refractivity contribution in [1.82, 2.24) is 10.6 Å². The topological polar surface area (TPSA) is 24.1 Å². The summed E-state index contributed by atoms with van der Waals surface area (Å²) < 4.78 is 0. The molecule has 0 saturated heterocycles. The van der Waals surface area contributed by atoms with Gasteiger partial charge < -0.3 is 10.6 Å². The van der Waals surface area contributed by atoms with Gasteiger partial charge in [-0.25, -0.2) is 0 Å². The molecular weight excluding hydrogens is 136 g/mol. The van der Waals surface area contributed by atoms with Crippen molar-refractivity contribution < 1.29 is 0 Å². The van der Waals surface area contributed by atoms with Crippen molar-refractivity contribution in [3.05, 3.63) is 0 Å². The standard InChI is InChI=1S/C9H20N2/c1-8-3-4-9(7-8)11-6-5-10-2/h8-11H,3-7H2,1-2H3. The molecule has 1 saturated carbocycles. The van der Waals surface area contributed by atoms with Crippen molar-refractivity contribution in [2.75, 3.05) is 20.1 Å². The summed E-state index contributed by atoms with van der Waals surface area (Å²) >= 11 is 0. The second kappa shape index (κ2) is 4.73. The van der Waals surface area contributed by atoms with Crippen LogP contribution in [0.25, 0.3) is 0 Å². The Morgan fingerprint density at radius 2 is 2.09 bits per heavy atom. The Balaban J connectivity index is 1.99. The first-order valence-electron chi connectivity index (χ1n) is 4.71. The fraction of sp³-hybridized carbons (Fsp3) is 1.00. The molecule has 0 aromatic heterocycles. The third-order valence-corrected chi connectivity index (χ3v) is 2.50. The highest BCUT2D eigenvalue weighted by atomic mass is 15.0. The quantitative estimate of drug-likeness (QED) is 0.593. The lowest BCUT2D eigenvalue weighted by atomic mass is 10.1. The first-order chi connectivity index (χ1) is 5.33. The molecule has 1 rings (SSSR count). The van der Waals surface area contributed by atoms with E-state index in [2.05, 4.69) is 17.6 Å². The van der Waals surface area contributed by atoms with Crippen molar-refractivity contribution in [2.45, 2.75) is 32.2 Å². The largest absolute Gasteiger partial charge is 0.318 e. The molecule has 0 radical (unpaired) electrons. The number of hydrogen-bond donors (Lipinski definition) is 2. The highest BCUT2D eigenvalue weighted by Crippen LogP contribution is 2.24. The molecule has 11 heavy (non-hydrogen) atoms. The van der Waals surface area contributed by atoms with Crippen molar-refractivity contribution in [3.63, 3.8) is 0 Å². The summed E-state index contributed by atoms with van der Waals surface area (Å²) in [6, 6.07) is 0.804. The summed E-state index contributed by atoms with van der Waals surface area (Å²) in [5, 5.41) is 6.69. The van der Waals surface area contributed by atoms with Gasteiger partial charge in [0.2, 0.25) is 0 Å². The molecule has 0 aromatic rings. The number of rotatable bonds is 4. The normalized spacial score (nSPS) is 31.1. The Bertz CT molecular complexity index is 104. The monoisotopic (exact) mass is 156 g/mol. The third kappa shape index (κ3) is 3.21. The molecule has 2 heteroatoms. The molecule has 0 spiro atoms. The van der Waals surface area contributed by atoms with E-state index in [0.717, 1.165) is 25.0 Å². The van der Waals surface area contributed by atoms with Gasteiger partial charge in [0.15, 0.2) is 0 Å². The van der Waals surface area contributed by atoms with Crippen molar-refractivity contribution >= 4 is 0 Å². The molecule has 2 N–H and O–H groups in total. The molecule has 2 atom stereocenters. The van der Waals surface area contributed by atoms with E-state index in [4.69, 9.17) is 0 Å². The lowest BCUT2D eigenvalue weighted by molar-refractivity contribution is 0.499. The van der Waals surface area contributed by atoms with Gasteiger partial charge >= 0.3 is 0 Å². The molecule has 1 aliphatic carbocycles. The lowest BCUT2D eigenvalue weighted by Crippen LogP contribution is -2.32. The van der Waals surface area contributed by atoms with Crippen LogP contribution in [-0.2, 0) is 0 Å². The van der Waals surface area contributed by atoms with Crippen molar-refractivity contribution in [2.24, 2.45) is 5.92 Å². The van der Waals surface area contributed by atoms with Crippen molar-refractivity contribution in [1.29, 1.82) is 0 Å². The molecule has 1 fully saturated rings. The minimum Gasteiger partial charge on any atom is -0.318 e. The Kier molecular flexibility index (Phi) is 3.87. The molecule has 66 valence electrons. The Morgan fingerprint density at radius 3 is 2.64 bits per heavy atom. The molecule has 2 nitrogen and oxygen atoms in total. The van der Waals surface area contributed by atoms with Gasteiger partial charge in [-0.05, 0) is 32.2 Å². The minimum absolute atomic E-state index is 0.804. The maximum absolute atomic E-state index is 3.55. The summed E-state index contributed by atoms with van der Waals surface area (Å²) in [4.78, 5) is 0. The Labute approximate surface area is 69.8 Å². The van der Waals surface area contributed by atoms with Crippen LogP contribution in [0.4, 0.5) is 0 Å². The minimum atomic E-state index is 0.804. The molecule has 0 amide bonds. The zero-order valence-corrected chi connectivity index (χ0v) is 7.69. The molecule has 1 aliphatic rings. The van der Waals surface area contributed by atoms with Gasteiger partial charge in [0.1, 0.15) is 0 Å². The van der Waals surface area contributed by atoms with Gasteiger partial charge in [-0.2, -0.15) is 0 Å². The lowest BCUT2D eigenvalue weighted by Gasteiger charge is -2.11. The van der Waals surface area contributed by atoms with Gasteiger partial charge in [0.05, 0.1) is 0 Å². The predicted molar refractivity (Wildman–Crippen MR) is 48.7 cm³/mol. The second-order valence-corrected chi connectivity index (χ2v) is 3.67. The maximum atomic E-state index is 3.55. The van der Waals surface area contributed by atoms with Gasteiger partial charge in [-0.15, -0.1) is 0 Å². The van der Waals surface area contributed by atoms with Crippen LogP contribution in [-0.4, -0.2) is 26.2 Å². The highest BCUT2D eigenvalue weighted by Gasteiger charge is 2.19. The van der Waals surface area contributed by atoms with E-state index in [0.29, 0.717) is 0 Å². The fourth-order valence-corrected chi connectivity index (χ4v) is 1.79. The van der Waals surface area contributed by atoms with Crippen LogP contribution in [0.1, 0.15) is 26.2 Å². The van der Waals surface area contributed by atoms with Gasteiger partial charge in [-0.1, -0.05) is 6.92 Å². The van der Waals surface area contributed by atoms with E-state index in [1.807, 2.05) is 7.05 Å². The smallest absolute Gasteiger partial charge is 0.00792 e. The predicted octanol–water partition coefficient (Wildman–Crippen LogP) is 0.984. The van der Waals surface area contributed by atoms with Crippen LogP contribution in [0.5, 0.6) is 0 Å². The van der Waals surface area contributed by atoms with Crippen LogP contribution in [0.15, 0.2) is 0 Å². The maximum Gasteiger partial charge on any atom is 0.00792 e. The average Bonchev–Trinajstić information content (AvgIpc) is 2.37. The van der Waals surface area contributed by atoms with E-state index < -0.39 is 0 Å². The van der Waals surface area contributed by atoms with Crippen LogP contribution in [0.3, 0.4) is 0 Å². The zero-order valence-electron chi connectivity index (χ0n) is 7.69. The highest BCUT2D eigenvalue weighted by molar-refractivity contribution is 4.78. The number of likely N-dealkylation sites (N-methyl/N-ethyl adjacent to an activating group) is 1. The van der Waals surface area contributed by atoms with Crippen LogP contribution >= 0.6 is 0 Å². The van der Waals surface area contributed by atoms with E-state index >= 15 is 0 Å². The first-order valence-corrected chi connectivity index (χ1v) is 4.71. The van der Waals surface area contributed by atoms with E-state index in [1.165, 1.54) is 19.3 Å². The van der Waals surface area contributed by atoms with Gasteiger partial charge in [0.25, 0.3) is 0 Å². The van der Waals surface area contributed by atoms with E-state index in [9.17, 15) is 0 Å². The molecule has 0 bridgehead atoms. The summed E-state index contributed by atoms with van der Waals surface area (Å²) in [5.41, 5.74) is 0. The molecular formula is C9H20N2. The van der Waals surface area contributed by atoms with Crippen LogP contribution < -0.4 is 10.6 Å². The average molecular weight is 156 g/mol. The Hall–Kier alpha value is -0.0800. The van der Waals surface area contributed by atoms with Crippen LogP contribution in [0, 0.1) is 5.92 Å². The SMILES string of the molecule is CNCCNC1CCC(C)C1. The summed E-state index contributed by atoms with van der Waals surface area (Å²) in [6.07, 6.45) is 4.17. The number of hydrogen-bond acceptors (Lipinski definition) is 2. The molecule has 0 aromatic carbocycles. The van der Waals surface area contributed by atoms with E-state index in [1.54, 1.807) is 0 Å². The van der Waals surface area contributed by atoms with Gasteiger partial charge in [0, 0.05) is 19.1 Å². The van der Waals surface area contributed by atoms with Crippen molar-refractivity contribution in [3.8, 4) is 0 Å². The number of nitrogens with one attached hydrogen (secondary N) is 2. The molecule has 0 heterocycles. The fourth-order valence-electron chi connectivity index (χ4n) is 1.79. The summed E-state index contributed by atoms with van der Waals surface area (Å²) in [5.74, 6) is 0.946. The summed E-state index contributed by atoms with van der Waals surface area (Å²) in [7, 11) is 2.00. The van der Waals surface area contributed by atoms with E-state index in [-0.39, 0.29) is 0 Å². The summed E-state index contributed by atoms with van der Waals surface area (Å²) in [6.45, 7) is 4.55. The Morgan fingerprint density at radius 1 is 1.27 bits per heavy atom. The molecule has 2 unspecified atom stereocenters. The third-order valence-electron chi connectivity index (χ3n) is 2.50. The van der Waals surface area contributed by atoms with Gasteiger partial charge in [-0.3, -0.25) is 0 Å². The first kappa shape index (κ1) is 9.01. The zero-order chi connectivity index (χ0) is 8.10.